The molecule has 2 amide bonds. The lowest BCUT2D eigenvalue weighted by Gasteiger charge is -2.21. The number of nitrogens with two attached hydrogens (primary N) is 1. The maximum absolute atomic E-state index is 11.2. The van der Waals surface area contributed by atoms with Gasteiger partial charge in [0, 0.05) is 37.2 Å². The number of carbonyl (C=O) groups is 1. The number of hydrogen-bond acceptors (Lipinski definition) is 3. The molecular formula is C14H17BrN4O. The molecule has 5 nitrogen and oxygen atoms in total. The van der Waals surface area contributed by atoms with Crippen LogP contribution in [-0.2, 0) is 6.54 Å². The molecule has 1 fully saturated rings. The molecule has 0 aliphatic carbocycles. The number of rotatable bonds is 2. The van der Waals surface area contributed by atoms with Crippen molar-refractivity contribution in [1.82, 2.24) is 9.80 Å². The topological polar surface area (TPSA) is 73.4 Å². The minimum Gasteiger partial charge on any atom is -0.351 e. The molecular weight excluding hydrogens is 320 g/mol. The third-order valence-electron chi connectivity index (χ3n) is 3.47. The Morgan fingerprint density at radius 2 is 2.15 bits per heavy atom. The summed E-state index contributed by atoms with van der Waals surface area (Å²) in [5.41, 5.74) is 7.08. The second-order valence-corrected chi connectivity index (χ2v) is 5.73. The SMILES string of the molecule is N#Cc1ccc(Br)c(CN2CCCN(C(N)=O)CC2)c1. The lowest BCUT2D eigenvalue weighted by atomic mass is 10.1. The van der Waals surface area contributed by atoms with Crippen LogP contribution in [0.15, 0.2) is 22.7 Å². The first kappa shape index (κ1) is 14.8. The standard InChI is InChI=1S/C14H17BrN4O/c15-13-3-2-11(9-16)8-12(13)10-18-4-1-5-19(7-6-18)14(17)20/h2-3,8H,1,4-7,10H2,(H2,17,20). The minimum atomic E-state index is -0.348. The van der Waals surface area contributed by atoms with E-state index in [-0.39, 0.29) is 6.03 Å². The molecule has 0 bridgehead atoms. The first-order valence-corrected chi connectivity index (χ1v) is 7.34. The van der Waals surface area contributed by atoms with Crippen LogP contribution in [0, 0.1) is 11.3 Å². The van der Waals surface area contributed by atoms with E-state index < -0.39 is 0 Å². The number of halogens is 1. The fraction of sp³-hybridized carbons (Fsp3) is 0.429. The van der Waals surface area contributed by atoms with Crippen LogP contribution >= 0.6 is 15.9 Å². The van der Waals surface area contributed by atoms with E-state index in [0.29, 0.717) is 18.7 Å². The largest absolute Gasteiger partial charge is 0.351 e. The molecule has 0 atom stereocenters. The van der Waals surface area contributed by atoms with Gasteiger partial charge in [0.25, 0.3) is 0 Å². The Hall–Kier alpha value is -1.58. The van der Waals surface area contributed by atoms with Crippen LogP contribution in [-0.4, -0.2) is 42.0 Å². The van der Waals surface area contributed by atoms with Gasteiger partial charge < -0.3 is 10.6 Å². The molecule has 20 heavy (non-hydrogen) atoms. The van der Waals surface area contributed by atoms with Crippen molar-refractivity contribution < 1.29 is 4.79 Å². The Kier molecular flexibility index (Phi) is 4.99. The summed E-state index contributed by atoms with van der Waals surface area (Å²) < 4.78 is 1.01. The molecule has 1 aliphatic heterocycles. The van der Waals surface area contributed by atoms with Gasteiger partial charge in [0.2, 0.25) is 0 Å². The maximum atomic E-state index is 11.2. The van der Waals surface area contributed by atoms with Gasteiger partial charge in [0.15, 0.2) is 0 Å². The highest BCUT2D eigenvalue weighted by Crippen LogP contribution is 2.20. The summed E-state index contributed by atoms with van der Waals surface area (Å²) >= 11 is 3.52. The molecule has 0 spiro atoms. The number of carbonyl (C=O) groups excluding carboxylic acids is 1. The van der Waals surface area contributed by atoms with E-state index in [1.54, 1.807) is 11.0 Å². The van der Waals surface area contributed by atoms with Crippen LogP contribution in [0.2, 0.25) is 0 Å². The minimum absolute atomic E-state index is 0.348. The Morgan fingerprint density at radius 1 is 1.35 bits per heavy atom. The molecule has 0 aromatic heterocycles. The summed E-state index contributed by atoms with van der Waals surface area (Å²) in [7, 11) is 0. The average Bonchev–Trinajstić information content (AvgIpc) is 2.67. The highest BCUT2D eigenvalue weighted by Gasteiger charge is 2.17. The molecule has 1 aliphatic rings. The van der Waals surface area contributed by atoms with E-state index in [2.05, 4.69) is 26.9 Å². The van der Waals surface area contributed by atoms with E-state index in [0.717, 1.165) is 36.1 Å². The van der Waals surface area contributed by atoms with Crippen LogP contribution in [0.25, 0.3) is 0 Å². The summed E-state index contributed by atoms with van der Waals surface area (Å²) in [4.78, 5) is 15.2. The summed E-state index contributed by atoms with van der Waals surface area (Å²) in [6.07, 6.45) is 0.915. The fourth-order valence-corrected chi connectivity index (χ4v) is 2.73. The van der Waals surface area contributed by atoms with Crippen LogP contribution < -0.4 is 5.73 Å². The van der Waals surface area contributed by atoms with Gasteiger partial charge in [0.05, 0.1) is 11.6 Å². The highest BCUT2D eigenvalue weighted by atomic mass is 79.9. The van der Waals surface area contributed by atoms with Crippen LogP contribution in [0.4, 0.5) is 4.79 Å². The zero-order valence-electron chi connectivity index (χ0n) is 11.2. The molecule has 0 radical (unpaired) electrons. The number of nitriles is 1. The lowest BCUT2D eigenvalue weighted by molar-refractivity contribution is 0.207. The van der Waals surface area contributed by atoms with Crippen molar-refractivity contribution in [2.75, 3.05) is 26.2 Å². The normalized spacial score (nSPS) is 16.5. The van der Waals surface area contributed by atoms with Gasteiger partial charge in [-0.3, -0.25) is 4.90 Å². The Bertz CT molecular complexity index is 540. The molecule has 2 N–H and O–H groups in total. The van der Waals surface area contributed by atoms with E-state index in [1.165, 1.54) is 0 Å². The predicted octanol–water partition coefficient (Wildman–Crippen LogP) is 1.91. The van der Waals surface area contributed by atoms with Crippen LogP contribution in [0.5, 0.6) is 0 Å². The van der Waals surface area contributed by atoms with Gasteiger partial charge in [-0.1, -0.05) is 15.9 Å². The van der Waals surface area contributed by atoms with Gasteiger partial charge in [-0.05, 0) is 30.2 Å². The van der Waals surface area contributed by atoms with Crippen molar-refractivity contribution in [3.63, 3.8) is 0 Å². The maximum Gasteiger partial charge on any atom is 0.314 e. The van der Waals surface area contributed by atoms with E-state index in [4.69, 9.17) is 11.0 Å². The number of benzene rings is 1. The molecule has 1 aromatic rings. The van der Waals surface area contributed by atoms with Crippen molar-refractivity contribution in [2.24, 2.45) is 5.73 Å². The second kappa shape index (κ2) is 6.73. The van der Waals surface area contributed by atoms with Crippen molar-refractivity contribution in [3.8, 4) is 6.07 Å². The van der Waals surface area contributed by atoms with Gasteiger partial charge >= 0.3 is 6.03 Å². The molecule has 1 heterocycles. The molecule has 106 valence electrons. The molecule has 1 aromatic carbocycles. The third kappa shape index (κ3) is 3.71. The van der Waals surface area contributed by atoms with E-state index in [9.17, 15) is 4.79 Å². The zero-order chi connectivity index (χ0) is 14.5. The first-order chi connectivity index (χ1) is 9.60. The highest BCUT2D eigenvalue weighted by molar-refractivity contribution is 9.10. The van der Waals surface area contributed by atoms with Crippen LogP contribution in [0.1, 0.15) is 17.5 Å². The van der Waals surface area contributed by atoms with Gasteiger partial charge in [-0.15, -0.1) is 0 Å². The lowest BCUT2D eigenvalue weighted by Crippen LogP contribution is -2.38. The van der Waals surface area contributed by atoms with Crippen molar-refractivity contribution in [3.05, 3.63) is 33.8 Å². The Labute approximate surface area is 127 Å². The molecule has 2 rings (SSSR count). The number of hydrogen-bond donors (Lipinski definition) is 1. The smallest absolute Gasteiger partial charge is 0.314 e. The van der Waals surface area contributed by atoms with E-state index >= 15 is 0 Å². The Balaban J connectivity index is 2.03. The quantitative estimate of drug-likeness (QED) is 0.896. The second-order valence-electron chi connectivity index (χ2n) is 4.87. The average molecular weight is 337 g/mol. The monoisotopic (exact) mass is 336 g/mol. The molecule has 6 heteroatoms. The van der Waals surface area contributed by atoms with Crippen LogP contribution in [0.3, 0.4) is 0 Å². The summed E-state index contributed by atoms with van der Waals surface area (Å²) in [6.45, 7) is 3.86. The fourth-order valence-electron chi connectivity index (χ4n) is 2.36. The zero-order valence-corrected chi connectivity index (χ0v) is 12.8. The Morgan fingerprint density at radius 3 is 2.85 bits per heavy atom. The summed E-state index contributed by atoms with van der Waals surface area (Å²) in [6, 6.07) is 7.41. The van der Waals surface area contributed by atoms with Crippen molar-refractivity contribution in [1.29, 1.82) is 5.26 Å². The molecule has 0 unspecified atom stereocenters. The summed E-state index contributed by atoms with van der Waals surface area (Å²) in [5.74, 6) is 0. The van der Waals surface area contributed by atoms with Gasteiger partial charge in [-0.2, -0.15) is 5.26 Å². The number of nitrogens with zero attached hydrogens (tertiary/aromatic N) is 3. The van der Waals surface area contributed by atoms with E-state index in [1.807, 2.05) is 12.1 Å². The number of primary amides is 1. The molecule has 1 saturated heterocycles. The number of amides is 2. The van der Waals surface area contributed by atoms with Gasteiger partial charge in [0.1, 0.15) is 0 Å². The van der Waals surface area contributed by atoms with Crippen molar-refractivity contribution in [2.45, 2.75) is 13.0 Å². The first-order valence-electron chi connectivity index (χ1n) is 6.55. The predicted molar refractivity (Wildman–Crippen MR) is 79.9 cm³/mol. The number of urea groups is 1. The van der Waals surface area contributed by atoms with Crippen molar-refractivity contribution >= 4 is 22.0 Å². The van der Waals surface area contributed by atoms with Gasteiger partial charge in [-0.25, -0.2) is 4.79 Å². The molecule has 0 saturated carbocycles. The summed E-state index contributed by atoms with van der Waals surface area (Å²) in [5, 5.41) is 8.96. The third-order valence-corrected chi connectivity index (χ3v) is 4.24.